The summed E-state index contributed by atoms with van der Waals surface area (Å²) in [4.78, 5) is 15.0. The summed E-state index contributed by atoms with van der Waals surface area (Å²) >= 11 is 0. The second-order valence-corrected chi connectivity index (χ2v) is 3.92. The molecule has 3 rings (SSSR count). The van der Waals surface area contributed by atoms with Gasteiger partial charge in [0.15, 0.2) is 0 Å². The molecule has 2 heterocycles. The predicted molar refractivity (Wildman–Crippen MR) is 70.7 cm³/mol. The second kappa shape index (κ2) is 4.35. The molecule has 5 heteroatoms. The average molecular weight is 248 g/mol. The van der Waals surface area contributed by atoms with Gasteiger partial charge in [-0.15, -0.1) is 11.6 Å². The Bertz CT molecular complexity index is 794. The number of aromatic nitrogens is 3. The van der Waals surface area contributed by atoms with Gasteiger partial charge in [0.1, 0.15) is 0 Å². The van der Waals surface area contributed by atoms with Crippen LogP contribution in [-0.4, -0.2) is 20.1 Å². The fourth-order valence-electron chi connectivity index (χ4n) is 1.83. The zero-order chi connectivity index (χ0) is 13.2. The molecule has 2 aromatic heterocycles. The average Bonchev–Trinajstić information content (AvgIpc) is 2.47. The van der Waals surface area contributed by atoms with Gasteiger partial charge in [0.2, 0.25) is 11.5 Å². The smallest absolute Gasteiger partial charge is 0.373 e. The van der Waals surface area contributed by atoms with Crippen molar-refractivity contribution in [3.8, 4) is 17.0 Å². The molecule has 0 spiro atoms. The van der Waals surface area contributed by atoms with E-state index >= 15 is 0 Å². The molecule has 19 heavy (non-hydrogen) atoms. The largest absolute Gasteiger partial charge is 0.493 e. The number of hydrogen-bond acceptors (Lipinski definition) is 4. The van der Waals surface area contributed by atoms with Crippen LogP contribution in [0, 0.1) is 6.57 Å². The highest BCUT2D eigenvalue weighted by Gasteiger charge is 2.11. The molecule has 0 aliphatic heterocycles. The summed E-state index contributed by atoms with van der Waals surface area (Å²) in [6.45, 7) is 6.86. The molecule has 1 N–H and O–H groups in total. The number of hydrogen-bond donors (Lipinski definition) is 1. The minimum Gasteiger partial charge on any atom is -0.493 e. The van der Waals surface area contributed by atoms with Crippen molar-refractivity contribution in [1.82, 2.24) is 15.0 Å². The van der Waals surface area contributed by atoms with Gasteiger partial charge >= 0.3 is 5.95 Å². The Labute approximate surface area is 109 Å². The Morgan fingerprint density at radius 1 is 1.11 bits per heavy atom. The van der Waals surface area contributed by atoms with Gasteiger partial charge in [-0.3, -0.25) is 0 Å². The number of fused-ring (bicyclic) bond motifs is 1. The van der Waals surface area contributed by atoms with E-state index in [2.05, 4.69) is 19.8 Å². The third-order valence-corrected chi connectivity index (χ3v) is 2.72. The fraction of sp³-hybridized carbons (Fsp3) is 0. The van der Waals surface area contributed by atoms with Crippen molar-refractivity contribution in [1.29, 1.82) is 0 Å². The molecule has 0 unspecified atom stereocenters. The number of rotatable bonds is 1. The van der Waals surface area contributed by atoms with E-state index in [1.165, 1.54) is 6.20 Å². The van der Waals surface area contributed by atoms with Crippen LogP contribution in [0.1, 0.15) is 0 Å². The molecule has 0 bridgehead atoms. The Morgan fingerprint density at radius 3 is 2.63 bits per heavy atom. The molecule has 0 aliphatic rings. The minimum absolute atomic E-state index is 0.0202. The molecule has 0 saturated carbocycles. The number of nitrogens with zero attached hydrogens (tertiary/aromatic N) is 4. The molecule has 0 aliphatic carbocycles. The molecular formula is C14H8N4O. The SMILES string of the molecule is [C-]#[N+]c1ncc2cc(-c3ccccc3)c(O)nc2n1. The summed E-state index contributed by atoms with van der Waals surface area (Å²) in [6, 6.07) is 11.2. The number of benzene rings is 1. The summed E-state index contributed by atoms with van der Waals surface area (Å²) in [7, 11) is 0. The van der Waals surface area contributed by atoms with Crippen molar-refractivity contribution < 1.29 is 5.11 Å². The zero-order valence-electron chi connectivity index (χ0n) is 9.78. The van der Waals surface area contributed by atoms with Gasteiger partial charge in [0, 0.05) is 5.56 Å². The van der Waals surface area contributed by atoms with Crippen LogP contribution in [0.3, 0.4) is 0 Å². The summed E-state index contributed by atoms with van der Waals surface area (Å²) in [6.07, 6.45) is 1.54. The molecular weight excluding hydrogens is 240 g/mol. The van der Waals surface area contributed by atoms with E-state index in [1.807, 2.05) is 30.3 Å². The highest BCUT2D eigenvalue weighted by atomic mass is 16.3. The van der Waals surface area contributed by atoms with Gasteiger partial charge in [-0.25, -0.2) is 0 Å². The van der Waals surface area contributed by atoms with Gasteiger partial charge in [-0.1, -0.05) is 30.3 Å². The summed E-state index contributed by atoms with van der Waals surface area (Å²) < 4.78 is 0. The molecule has 5 nitrogen and oxygen atoms in total. The van der Waals surface area contributed by atoms with E-state index < -0.39 is 0 Å². The van der Waals surface area contributed by atoms with E-state index in [9.17, 15) is 5.11 Å². The monoisotopic (exact) mass is 248 g/mol. The minimum atomic E-state index is -0.103. The third kappa shape index (κ3) is 1.96. The summed E-state index contributed by atoms with van der Waals surface area (Å²) in [5.74, 6) is -0.0832. The lowest BCUT2D eigenvalue weighted by Crippen LogP contribution is -1.89. The molecule has 3 aromatic rings. The first-order valence-corrected chi connectivity index (χ1v) is 5.57. The van der Waals surface area contributed by atoms with Crippen LogP contribution in [0.5, 0.6) is 5.88 Å². The highest BCUT2D eigenvalue weighted by Crippen LogP contribution is 2.30. The van der Waals surface area contributed by atoms with Crippen LogP contribution in [0.2, 0.25) is 0 Å². The lowest BCUT2D eigenvalue weighted by Gasteiger charge is -2.04. The second-order valence-electron chi connectivity index (χ2n) is 3.92. The van der Waals surface area contributed by atoms with Crippen molar-refractivity contribution >= 4 is 17.0 Å². The fourth-order valence-corrected chi connectivity index (χ4v) is 1.83. The van der Waals surface area contributed by atoms with Crippen LogP contribution >= 0.6 is 0 Å². The van der Waals surface area contributed by atoms with Crippen molar-refractivity contribution in [3.05, 3.63) is 54.0 Å². The van der Waals surface area contributed by atoms with Crippen LogP contribution in [0.4, 0.5) is 5.95 Å². The molecule has 90 valence electrons. The summed E-state index contributed by atoms with van der Waals surface area (Å²) in [5, 5.41) is 10.7. The molecule has 0 fully saturated rings. The van der Waals surface area contributed by atoms with Gasteiger partial charge in [-0.05, 0) is 11.6 Å². The number of aromatic hydroxyl groups is 1. The summed E-state index contributed by atoms with van der Waals surface area (Å²) in [5.41, 5.74) is 1.80. The van der Waals surface area contributed by atoms with E-state index in [0.717, 1.165) is 5.56 Å². The lowest BCUT2D eigenvalue weighted by molar-refractivity contribution is 0.457. The zero-order valence-corrected chi connectivity index (χ0v) is 9.78. The van der Waals surface area contributed by atoms with Crippen LogP contribution in [0.25, 0.3) is 27.0 Å². The first kappa shape index (κ1) is 11.1. The van der Waals surface area contributed by atoms with E-state index in [1.54, 1.807) is 6.07 Å². The first-order chi connectivity index (χ1) is 9.28. The lowest BCUT2D eigenvalue weighted by atomic mass is 10.1. The van der Waals surface area contributed by atoms with Crippen molar-refractivity contribution in [3.63, 3.8) is 0 Å². The Kier molecular flexibility index (Phi) is 2.54. The van der Waals surface area contributed by atoms with Crippen molar-refractivity contribution in [2.75, 3.05) is 0 Å². The quantitative estimate of drug-likeness (QED) is 0.672. The van der Waals surface area contributed by atoms with Crippen LogP contribution in [-0.2, 0) is 0 Å². The maximum atomic E-state index is 9.98. The molecule has 0 radical (unpaired) electrons. The van der Waals surface area contributed by atoms with Gasteiger partial charge in [-0.2, -0.15) is 9.97 Å². The maximum Gasteiger partial charge on any atom is 0.373 e. The Hall–Kier alpha value is -3.00. The highest BCUT2D eigenvalue weighted by molar-refractivity contribution is 5.83. The molecule has 1 aromatic carbocycles. The van der Waals surface area contributed by atoms with Crippen LogP contribution < -0.4 is 0 Å². The maximum absolute atomic E-state index is 9.98. The Morgan fingerprint density at radius 2 is 1.89 bits per heavy atom. The van der Waals surface area contributed by atoms with E-state index in [4.69, 9.17) is 6.57 Å². The van der Waals surface area contributed by atoms with Crippen LogP contribution in [0.15, 0.2) is 42.6 Å². The molecule has 0 saturated heterocycles. The van der Waals surface area contributed by atoms with Crippen molar-refractivity contribution in [2.45, 2.75) is 0 Å². The Balaban J connectivity index is 2.24. The number of pyridine rings is 1. The molecule has 0 amide bonds. The standard InChI is InChI=1S/C14H8N4O/c1-15-14-16-8-10-7-11(9-5-3-2-4-6-9)13(19)17-12(10)18-14/h2-8H,(H,16,17,18,19). The van der Waals surface area contributed by atoms with Gasteiger partial charge in [0.05, 0.1) is 11.6 Å². The van der Waals surface area contributed by atoms with Gasteiger partial charge in [0.25, 0.3) is 0 Å². The van der Waals surface area contributed by atoms with E-state index in [-0.39, 0.29) is 11.8 Å². The van der Waals surface area contributed by atoms with E-state index in [0.29, 0.717) is 16.6 Å². The van der Waals surface area contributed by atoms with Crippen molar-refractivity contribution in [2.24, 2.45) is 0 Å². The third-order valence-electron chi connectivity index (χ3n) is 2.72. The normalized spacial score (nSPS) is 10.3. The van der Waals surface area contributed by atoms with Gasteiger partial charge < -0.3 is 9.95 Å². The topological polar surface area (TPSA) is 63.3 Å². The predicted octanol–water partition coefficient (Wildman–Crippen LogP) is 2.95. The molecule has 0 atom stereocenters. The first-order valence-electron chi connectivity index (χ1n) is 5.57.